The number of anilines is 1. The maximum absolute atomic E-state index is 12.3. The van der Waals surface area contributed by atoms with Crippen molar-refractivity contribution in [3.63, 3.8) is 0 Å². The summed E-state index contributed by atoms with van der Waals surface area (Å²) in [5.41, 5.74) is 2.79. The minimum absolute atomic E-state index is 0.0672. The molecule has 3 aromatic rings. The van der Waals surface area contributed by atoms with Crippen molar-refractivity contribution in [2.75, 3.05) is 18.0 Å². The maximum atomic E-state index is 12.3. The number of hydrogen-bond acceptors (Lipinski definition) is 4. The summed E-state index contributed by atoms with van der Waals surface area (Å²) in [6.45, 7) is 4.17. The topological polar surface area (TPSA) is 61.9 Å². The molecule has 1 fully saturated rings. The van der Waals surface area contributed by atoms with E-state index in [2.05, 4.69) is 27.0 Å². The summed E-state index contributed by atoms with van der Waals surface area (Å²) in [5, 5.41) is 0.651. The van der Waals surface area contributed by atoms with Gasteiger partial charge in [0.15, 0.2) is 0 Å². The highest BCUT2D eigenvalue weighted by Gasteiger charge is 2.13. The summed E-state index contributed by atoms with van der Waals surface area (Å²) in [5.74, 6) is 1.78. The smallest absolute Gasteiger partial charge is 0.258 e. The summed E-state index contributed by atoms with van der Waals surface area (Å²) >= 11 is 0. The second-order valence-corrected chi connectivity index (χ2v) is 6.66. The lowest BCUT2D eigenvalue weighted by atomic mass is 10.1. The Morgan fingerprint density at radius 1 is 1.04 bits per heavy atom. The van der Waals surface area contributed by atoms with Crippen molar-refractivity contribution in [1.29, 1.82) is 0 Å². The number of fused-ring (bicyclic) bond motifs is 1. The van der Waals surface area contributed by atoms with E-state index in [-0.39, 0.29) is 5.56 Å². The Labute approximate surface area is 146 Å². The first-order chi connectivity index (χ1) is 12.2. The zero-order chi connectivity index (χ0) is 17.2. The van der Waals surface area contributed by atoms with Crippen molar-refractivity contribution in [2.45, 2.75) is 32.6 Å². The molecule has 2 aromatic heterocycles. The van der Waals surface area contributed by atoms with E-state index < -0.39 is 0 Å². The number of nitrogens with zero attached hydrogens (tertiary/aromatic N) is 3. The number of benzene rings is 1. The minimum Gasteiger partial charge on any atom is -0.357 e. The fourth-order valence-corrected chi connectivity index (χ4v) is 3.45. The quantitative estimate of drug-likeness (QED) is 0.797. The van der Waals surface area contributed by atoms with Gasteiger partial charge in [-0.3, -0.25) is 4.79 Å². The van der Waals surface area contributed by atoms with E-state index in [1.807, 2.05) is 31.2 Å². The van der Waals surface area contributed by atoms with Crippen molar-refractivity contribution in [1.82, 2.24) is 15.0 Å². The average Bonchev–Trinajstić information content (AvgIpc) is 3.16. The van der Waals surface area contributed by atoms with E-state index in [4.69, 9.17) is 4.98 Å². The van der Waals surface area contributed by atoms with Crippen LogP contribution in [0, 0.1) is 6.92 Å². The van der Waals surface area contributed by atoms with Crippen molar-refractivity contribution in [2.24, 2.45) is 0 Å². The molecule has 128 valence electrons. The zero-order valence-electron chi connectivity index (χ0n) is 14.5. The van der Waals surface area contributed by atoms with Gasteiger partial charge in [-0.15, -0.1) is 0 Å². The molecular formula is C20H22N4O. The molecule has 4 rings (SSSR count). The highest BCUT2D eigenvalue weighted by atomic mass is 16.1. The van der Waals surface area contributed by atoms with Crippen LogP contribution in [0.1, 0.15) is 29.9 Å². The third-order valence-corrected chi connectivity index (χ3v) is 4.83. The Morgan fingerprint density at radius 2 is 1.84 bits per heavy atom. The molecule has 1 aromatic carbocycles. The van der Waals surface area contributed by atoms with Gasteiger partial charge in [-0.05, 0) is 49.9 Å². The zero-order valence-corrected chi connectivity index (χ0v) is 14.5. The molecule has 0 unspecified atom stereocenters. The molecule has 0 radical (unpaired) electrons. The fraction of sp³-hybridized carbons (Fsp3) is 0.350. The number of aryl methyl sites for hydroxylation is 3. The van der Waals surface area contributed by atoms with Crippen LogP contribution in [-0.2, 0) is 12.8 Å². The van der Waals surface area contributed by atoms with Crippen molar-refractivity contribution >= 4 is 16.7 Å². The van der Waals surface area contributed by atoms with Crippen LogP contribution in [-0.4, -0.2) is 28.0 Å². The lowest BCUT2D eigenvalue weighted by Gasteiger charge is -2.16. The van der Waals surface area contributed by atoms with Gasteiger partial charge in [0.25, 0.3) is 5.56 Å². The first-order valence-corrected chi connectivity index (χ1v) is 8.90. The molecule has 1 saturated heterocycles. The molecule has 0 spiro atoms. The third kappa shape index (κ3) is 3.27. The molecule has 0 saturated carbocycles. The number of para-hydroxylation sites is 1. The molecule has 3 heterocycles. The number of hydrogen-bond donors (Lipinski definition) is 1. The first-order valence-electron chi connectivity index (χ1n) is 8.90. The van der Waals surface area contributed by atoms with E-state index in [1.165, 1.54) is 12.8 Å². The van der Waals surface area contributed by atoms with E-state index in [9.17, 15) is 4.79 Å². The minimum atomic E-state index is -0.0672. The monoisotopic (exact) mass is 334 g/mol. The number of nitrogens with one attached hydrogen (secondary N) is 1. The maximum Gasteiger partial charge on any atom is 0.258 e. The van der Waals surface area contributed by atoms with Gasteiger partial charge in [0.2, 0.25) is 0 Å². The molecule has 1 aliphatic rings. The molecule has 0 aliphatic carbocycles. The van der Waals surface area contributed by atoms with Gasteiger partial charge >= 0.3 is 0 Å². The summed E-state index contributed by atoms with van der Waals surface area (Å²) in [4.78, 5) is 27.0. The summed E-state index contributed by atoms with van der Waals surface area (Å²) < 4.78 is 0. The van der Waals surface area contributed by atoms with Gasteiger partial charge in [-0.25, -0.2) is 9.97 Å². The summed E-state index contributed by atoms with van der Waals surface area (Å²) in [7, 11) is 0. The Bertz CT molecular complexity index is 957. The second-order valence-electron chi connectivity index (χ2n) is 6.66. The SMILES string of the molecule is Cc1cccc2c(=O)[nH]c(CCc3cccc(N4CCCC4)n3)nc12. The van der Waals surface area contributed by atoms with Crippen LogP contribution in [0.2, 0.25) is 0 Å². The third-order valence-electron chi connectivity index (χ3n) is 4.83. The largest absolute Gasteiger partial charge is 0.357 e. The van der Waals surface area contributed by atoms with Gasteiger partial charge in [0, 0.05) is 25.2 Å². The predicted molar refractivity (Wildman–Crippen MR) is 100 cm³/mol. The number of aromatic amines is 1. The number of rotatable bonds is 4. The van der Waals surface area contributed by atoms with Crippen molar-refractivity contribution in [3.8, 4) is 0 Å². The number of pyridine rings is 1. The molecule has 1 N–H and O–H groups in total. The van der Waals surface area contributed by atoms with Crippen LogP contribution in [0.3, 0.4) is 0 Å². The Hall–Kier alpha value is -2.69. The molecule has 1 aliphatic heterocycles. The molecule has 0 bridgehead atoms. The average molecular weight is 334 g/mol. The molecule has 5 heteroatoms. The van der Waals surface area contributed by atoms with Crippen LogP contribution in [0.5, 0.6) is 0 Å². The van der Waals surface area contributed by atoms with Crippen molar-refractivity contribution in [3.05, 3.63) is 63.8 Å². The number of aromatic nitrogens is 3. The number of H-pyrrole nitrogens is 1. The van der Waals surface area contributed by atoms with Gasteiger partial charge in [0.1, 0.15) is 11.6 Å². The summed E-state index contributed by atoms with van der Waals surface area (Å²) in [6, 6.07) is 11.9. The van der Waals surface area contributed by atoms with Gasteiger partial charge < -0.3 is 9.88 Å². The van der Waals surface area contributed by atoms with Gasteiger partial charge in [-0.2, -0.15) is 0 Å². The molecule has 0 atom stereocenters. The van der Waals surface area contributed by atoms with Crippen molar-refractivity contribution < 1.29 is 0 Å². The van der Waals surface area contributed by atoms with Crippen LogP contribution in [0.15, 0.2) is 41.2 Å². The lowest BCUT2D eigenvalue weighted by molar-refractivity contribution is 0.829. The summed E-state index contributed by atoms with van der Waals surface area (Å²) in [6.07, 6.45) is 3.93. The lowest BCUT2D eigenvalue weighted by Crippen LogP contribution is -2.19. The Kier molecular flexibility index (Phi) is 4.22. The van der Waals surface area contributed by atoms with Crippen LogP contribution >= 0.6 is 0 Å². The van der Waals surface area contributed by atoms with Gasteiger partial charge in [0.05, 0.1) is 10.9 Å². The van der Waals surface area contributed by atoms with Crippen LogP contribution < -0.4 is 10.5 Å². The highest BCUT2D eigenvalue weighted by molar-refractivity contribution is 5.80. The normalized spacial score (nSPS) is 14.4. The van der Waals surface area contributed by atoms with Crippen LogP contribution in [0.25, 0.3) is 10.9 Å². The predicted octanol–water partition coefficient (Wildman–Crippen LogP) is 3.01. The van der Waals surface area contributed by atoms with E-state index in [1.54, 1.807) is 0 Å². The Balaban J connectivity index is 1.55. The van der Waals surface area contributed by atoms with Gasteiger partial charge in [-0.1, -0.05) is 18.2 Å². The van der Waals surface area contributed by atoms with E-state index in [0.717, 1.165) is 47.9 Å². The molecule has 0 amide bonds. The first kappa shape index (κ1) is 15.8. The highest BCUT2D eigenvalue weighted by Crippen LogP contribution is 2.18. The molecule has 25 heavy (non-hydrogen) atoms. The molecular weight excluding hydrogens is 312 g/mol. The standard InChI is InChI=1S/C20H22N4O/c1-14-6-4-8-16-19(14)22-17(23-20(16)25)11-10-15-7-5-9-18(21-15)24-12-2-3-13-24/h4-9H,2-3,10-13H2,1H3,(H,22,23,25). The van der Waals surface area contributed by atoms with E-state index in [0.29, 0.717) is 11.8 Å². The van der Waals surface area contributed by atoms with Crippen LogP contribution in [0.4, 0.5) is 5.82 Å². The second kappa shape index (κ2) is 6.67. The Morgan fingerprint density at radius 3 is 2.68 bits per heavy atom. The fourth-order valence-electron chi connectivity index (χ4n) is 3.45. The van der Waals surface area contributed by atoms with E-state index >= 15 is 0 Å². The molecule has 5 nitrogen and oxygen atoms in total.